The Kier molecular flexibility index (Phi) is 5.03. The van der Waals surface area contributed by atoms with Crippen LogP contribution in [0.4, 0.5) is 5.69 Å². The molecule has 0 fully saturated rings. The molecule has 0 bridgehead atoms. The quantitative estimate of drug-likeness (QED) is 0.814. The molecule has 2 rings (SSSR count). The van der Waals surface area contributed by atoms with E-state index in [9.17, 15) is 9.59 Å². The van der Waals surface area contributed by atoms with Crippen LogP contribution in [0.1, 0.15) is 23.7 Å². The van der Waals surface area contributed by atoms with Gasteiger partial charge in [0.05, 0.1) is 12.2 Å². The molecule has 110 valence electrons. The van der Waals surface area contributed by atoms with Gasteiger partial charge in [0.25, 0.3) is 0 Å². The van der Waals surface area contributed by atoms with E-state index in [1.165, 1.54) is 17.3 Å². The van der Waals surface area contributed by atoms with E-state index in [0.717, 1.165) is 6.42 Å². The summed E-state index contributed by atoms with van der Waals surface area (Å²) in [5.74, 6) is -0.584. The van der Waals surface area contributed by atoms with Crippen molar-refractivity contribution < 1.29 is 14.3 Å². The number of carbonyl (C=O) groups is 2. The first-order valence-corrected chi connectivity index (χ1v) is 6.58. The number of benzene rings is 1. The van der Waals surface area contributed by atoms with Crippen LogP contribution in [0, 0.1) is 0 Å². The Bertz CT molecular complexity index is 593. The smallest absolute Gasteiger partial charge is 0.338 e. The number of rotatable bonds is 6. The Hall–Kier alpha value is -2.70. The van der Waals surface area contributed by atoms with Gasteiger partial charge >= 0.3 is 5.97 Å². The van der Waals surface area contributed by atoms with Crippen LogP contribution in [0.5, 0.6) is 0 Å². The van der Waals surface area contributed by atoms with Gasteiger partial charge in [-0.1, -0.05) is 6.92 Å². The van der Waals surface area contributed by atoms with Crippen molar-refractivity contribution in [2.24, 2.45) is 0 Å². The van der Waals surface area contributed by atoms with Crippen molar-refractivity contribution in [3.05, 3.63) is 42.5 Å². The monoisotopic (exact) mass is 288 g/mol. The third-order valence-corrected chi connectivity index (χ3v) is 2.61. The van der Waals surface area contributed by atoms with Crippen LogP contribution in [0.2, 0.25) is 0 Å². The Morgan fingerprint density at radius 1 is 1.29 bits per heavy atom. The summed E-state index contributed by atoms with van der Waals surface area (Å²) in [6.45, 7) is 2.41. The average Bonchev–Trinajstić information content (AvgIpc) is 2.98. The number of nitrogens with one attached hydrogen (secondary N) is 1. The van der Waals surface area contributed by atoms with Gasteiger partial charge in [-0.15, -0.1) is 0 Å². The summed E-state index contributed by atoms with van der Waals surface area (Å²) in [4.78, 5) is 27.1. The zero-order chi connectivity index (χ0) is 15.1. The van der Waals surface area contributed by atoms with E-state index < -0.39 is 0 Å². The minimum Gasteiger partial charge on any atom is -0.462 e. The first-order valence-electron chi connectivity index (χ1n) is 6.58. The fourth-order valence-corrected chi connectivity index (χ4v) is 1.63. The van der Waals surface area contributed by atoms with Gasteiger partial charge in [0.1, 0.15) is 19.2 Å². The Balaban J connectivity index is 1.90. The van der Waals surface area contributed by atoms with Crippen molar-refractivity contribution >= 4 is 17.6 Å². The molecule has 1 aromatic carbocycles. The number of nitrogens with zero attached hydrogens (tertiary/aromatic N) is 3. The van der Waals surface area contributed by atoms with Crippen molar-refractivity contribution in [3.8, 4) is 0 Å². The predicted molar refractivity (Wildman–Crippen MR) is 75.7 cm³/mol. The van der Waals surface area contributed by atoms with Gasteiger partial charge in [-0.05, 0) is 30.7 Å². The second-order valence-electron chi connectivity index (χ2n) is 4.35. The molecule has 7 heteroatoms. The van der Waals surface area contributed by atoms with Gasteiger partial charge in [0, 0.05) is 5.69 Å². The van der Waals surface area contributed by atoms with Gasteiger partial charge in [0.2, 0.25) is 5.91 Å². The van der Waals surface area contributed by atoms with Crippen molar-refractivity contribution in [2.75, 3.05) is 11.9 Å². The molecule has 0 unspecified atom stereocenters. The lowest BCUT2D eigenvalue weighted by molar-refractivity contribution is -0.116. The summed E-state index contributed by atoms with van der Waals surface area (Å²) in [6.07, 6.45) is 3.61. The number of amides is 1. The van der Waals surface area contributed by atoms with Crippen LogP contribution in [0.15, 0.2) is 36.9 Å². The SMILES string of the molecule is CCCOC(=O)c1ccc(NC(=O)Cn2cncn2)cc1. The molecule has 0 aliphatic heterocycles. The zero-order valence-corrected chi connectivity index (χ0v) is 11.7. The molecule has 1 N–H and O–H groups in total. The van der Waals surface area contributed by atoms with Gasteiger partial charge in [-0.2, -0.15) is 5.10 Å². The molecule has 0 aliphatic rings. The van der Waals surface area contributed by atoms with Crippen LogP contribution < -0.4 is 5.32 Å². The molecular weight excluding hydrogens is 272 g/mol. The molecule has 2 aromatic rings. The second-order valence-corrected chi connectivity index (χ2v) is 4.35. The highest BCUT2D eigenvalue weighted by atomic mass is 16.5. The highest BCUT2D eigenvalue weighted by Gasteiger charge is 2.08. The summed E-state index contributed by atoms with van der Waals surface area (Å²) in [6, 6.07) is 6.54. The minimum atomic E-state index is -0.364. The van der Waals surface area contributed by atoms with Crippen molar-refractivity contribution in [2.45, 2.75) is 19.9 Å². The van der Waals surface area contributed by atoms with E-state index in [0.29, 0.717) is 17.9 Å². The number of hydrogen-bond donors (Lipinski definition) is 1. The molecule has 0 saturated heterocycles. The van der Waals surface area contributed by atoms with Crippen molar-refractivity contribution in [1.29, 1.82) is 0 Å². The van der Waals surface area contributed by atoms with E-state index in [1.54, 1.807) is 24.3 Å². The Morgan fingerprint density at radius 3 is 2.67 bits per heavy atom. The lowest BCUT2D eigenvalue weighted by atomic mass is 10.2. The van der Waals surface area contributed by atoms with E-state index in [2.05, 4.69) is 15.4 Å². The predicted octanol–water partition coefficient (Wildman–Crippen LogP) is 1.48. The number of hydrogen-bond acceptors (Lipinski definition) is 5. The molecule has 1 amide bonds. The highest BCUT2D eigenvalue weighted by molar-refractivity contribution is 5.92. The van der Waals surface area contributed by atoms with Crippen LogP contribution in [0.3, 0.4) is 0 Å². The molecular formula is C14H16N4O3. The number of ether oxygens (including phenoxy) is 1. The third-order valence-electron chi connectivity index (χ3n) is 2.61. The molecule has 0 aliphatic carbocycles. The third kappa shape index (κ3) is 4.41. The molecule has 0 spiro atoms. The van der Waals surface area contributed by atoms with Gasteiger partial charge < -0.3 is 10.1 Å². The fourth-order valence-electron chi connectivity index (χ4n) is 1.63. The average molecular weight is 288 g/mol. The maximum atomic E-state index is 11.7. The number of aromatic nitrogens is 3. The largest absolute Gasteiger partial charge is 0.462 e. The number of anilines is 1. The molecule has 0 radical (unpaired) electrons. The van der Waals surface area contributed by atoms with Crippen LogP contribution in [-0.2, 0) is 16.1 Å². The standard InChI is InChI=1S/C14H16N4O3/c1-2-7-21-14(20)11-3-5-12(6-4-11)17-13(19)8-18-10-15-9-16-18/h3-6,9-10H,2,7-8H2,1H3,(H,17,19). The topological polar surface area (TPSA) is 86.1 Å². The molecule has 0 saturated carbocycles. The maximum Gasteiger partial charge on any atom is 0.338 e. The fraction of sp³-hybridized carbons (Fsp3) is 0.286. The summed E-state index contributed by atoms with van der Waals surface area (Å²) in [5.41, 5.74) is 1.06. The number of esters is 1. The summed E-state index contributed by atoms with van der Waals surface area (Å²) in [7, 11) is 0. The van der Waals surface area contributed by atoms with Crippen molar-refractivity contribution in [1.82, 2.24) is 14.8 Å². The Morgan fingerprint density at radius 2 is 2.05 bits per heavy atom. The minimum absolute atomic E-state index is 0.0836. The van der Waals surface area contributed by atoms with Crippen LogP contribution in [-0.4, -0.2) is 33.2 Å². The normalized spacial score (nSPS) is 10.1. The highest BCUT2D eigenvalue weighted by Crippen LogP contribution is 2.10. The zero-order valence-electron chi connectivity index (χ0n) is 11.7. The van der Waals surface area contributed by atoms with E-state index >= 15 is 0 Å². The molecule has 21 heavy (non-hydrogen) atoms. The Labute approximate surface area is 121 Å². The van der Waals surface area contributed by atoms with E-state index in [1.807, 2.05) is 6.92 Å². The first-order chi connectivity index (χ1) is 10.2. The van der Waals surface area contributed by atoms with Crippen molar-refractivity contribution in [3.63, 3.8) is 0 Å². The molecule has 0 atom stereocenters. The summed E-state index contributed by atoms with van der Waals surface area (Å²) in [5, 5.41) is 6.56. The van der Waals surface area contributed by atoms with Crippen LogP contribution >= 0.6 is 0 Å². The lowest BCUT2D eigenvalue weighted by Gasteiger charge is -2.06. The van der Waals surface area contributed by atoms with Gasteiger partial charge in [-0.25, -0.2) is 14.5 Å². The number of carbonyl (C=O) groups excluding carboxylic acids is 2. The molecule has 7 nitrogen and oxygen atoms in total. The molecule has 1 aromatic heterocycles. The van der Waals surface area contributed by atoms with E-state index in [-0.39, 0.29) is 18.4 Å². The van der Waals surface area contributed by atoms with E-state index in [4.69, 9.17) is 4.74 Å². The van der Waals surface area contributed by atoms with Gasteiger partial charge in [-0.3, -0.25) is 4.79 Å². The second kappa shape index (κ2) is 7.18. The summed E-state index contributed by atoms with van der Waals surface area (Å²) >= 11 is 0. The van der Waals surface area contributed by atoms with Gasteiger partial charge in [0.15, 0.2) is 0 Å². The molecule has 1 heterocycles. The maximum absolute atomic E-state index is 11.7. The first kappa shape index (κ1) is 14.7. The van der Waals surface area contributed by atoms with Crippen LogP contribution in [0.25, 0.3) is 0 Å². The lowest BCUT2D eigenvalue weighted by Crippen LogP contribution is -2.19. The summed E-state index contributed by atoms with van der Waals surface area (Å²) < 4.78 is 6.45.